The van der Waals surface area contributed by atoms with Gasteiger partial charge < -0.3 is 4.74 Å². The van der Waals surface area contributed by atoms with Gasteiger partial charge in [-0.2, -0.15) is 4.67 Å². The molecule has 1 aliphatic rings. The van der Waals surface area contributed by atoms with Crippen LogP contribution in [0.5, 0.6) is 5.75 Å². The summed E-state index contributed by atoms with van der Waals surface area (Å²) in [6, 6.07) is 29.6. The van der Waals surface area contributed by atoms with E-state index in [-0.39, 0.29) is 6.10 Å². The van der Waals surface area contributed by atoms with Crippen LogP contribution >= 0.6 is 27.5 Å². The van der Waals surface area contributed by atoms with E-state index in [0.717, 1.165) is 37.6 Å². The van der Waals surface area contributed by atoms with Crippen LogP contribution in [0.4, 0.5) is 0 Å². The fraction of sp³-hybridized carbons (Fsp3) is 0.269. The van der Waals surface area contributed by atoms with Crippen molar-refractivity contribution < 1.29 is 23.0 Å². The molecule has 0 N–H and O–H groups in total. The Morgan fingerprint density at radius 1 is 0.848 bits per heavy atom. The van der Waals surface area contributed by atoms with E-state index in [1.54, 1.807) is 0 Å². The average molecular weight is 592 g/mol. The van der Waals surface area contributed by atoms with Gasteiger partial charge in [0, 0.05) is 0 Å². The minimum atomic E-state index is -1.77. The molecular formula is C26H31Cl2NO2PRu+. The first kappa shape index (κ1) is 26.5. The molecule has 1 fully saturated rings. The van der Waals surface area contributed by atoms with Crippen LogP contribution in [0.3, 0.4) is 0 Å². The summed E-state index contributed by atoms with van der Waals surface area (Å²) in [5, 5.41) is 2.92. The Morgan fingerprint density at radius 2 is 1.36 bits per heavy atom. The number of ether oxygens (including phenoxy) is 2. The molecule has 4 rings (SSSR count). The molecule has 0 radical (unpaired) electrons. The number of nitrogens with zero attached hydrogens (tertiary/aromatic N) is 1. The van der Waals surface area contributed by atoms with Crippen molar-refractivity contribution in [3.63, 3.8) is 0 Å². The third kappa shape index (κ3) is 8.87. The van der Waals surface area contributed by atoms with Gasteiger partial charge in [-0.05, 0) is 24.3 Å². The largest absolute Gasteiger partial charge is 0.379 e. The molecule has 0 atom stereocenters. The molecule has 7 heteroatoms. The molecule has 3 aromatic carbocycles. The Labute approximate surface area is 211 Å². The van der Waals surface area contributed by atoms with Crippen molar-refractivity contribution in [2.24, 2.45) is 0 Å². The zero-order chi connectivity index (χ0) is 23.5. The summed E-state index contributed by atoms with van der Waals surface area (Å²) in [7, 11) is 10.8. The second-order valence-electron chi connectivity index (χ2n) is 7.69. The van der Waals surface area contributed by atoms with Gasteiger partial charge in [0.05, 0.1) is 26.3 Å². The predicted octanol–water partition coefficient (Wildman–Crippen LogP) is 5.65. The second-order valence-corrected chi connectivity index (χ2v) is 15.9. The summed E-state index contributed by atoms with van der Waals surface area (Å²) in [6.07, 6.45) is 0.163. The SMILES string of the molecule is CC(C)Oc1ccccc1[CH]=[Ru]([Cl])[Cl].c1ccc([PH+](c2ccccc2)N2CCOCC2)cc1. The van der Waals surface area contributed by atoms with Crippen LogP contribution in [0.1, 0.15) is 19.4 Å². The third-order valence-electron chi connectivity index (χ3n) is 4.89. The molecule has 0 unspecified atom stereocenters. The summed E-state index contributed by atoms with van der Waals surface area (Å²) < 4.78 is 15.6. The van der Waals surface area contributed by atoms with Crippen LogP contribution in [0.2, 0.25) is 0 Å². The smallest absolute Gasteiger partial charge is 0.135 e. The number of benzene rings is 3. The molecule has 1 aliphatic heterocycles. The summed E-state index contributed by atoms with van der Waals surface area (Å²) in [5.74, 6) is 0.850. The van der Waals surface area contributed by atoms with Crippen molar-refractivity contribution in [2.75, 3.05) is 26.3 Å². The van der Waals surface area contributed by atoms with E-state index in [0.29, 0.717) is 0 Å². The first-order chi connectivity index (χ1) is 16.0. The van der Waals surface area contributed by atoms with Crippen molar-refractivity contribution >= 4 is 42.7 Å². The molecule has 0 bridgehead atoms. The Morgan fingerprint density at radius 3 is 1.88 bits per heavy atom. The Balaban J connectivity index is 0.000000196. The summed E-state index contributed by atoms with van der Waals surface area (Å²) in [4.78, 5) is 0. The molecule has 1 saturated heterocycles. The number of para-hydroxylation sites is 1. The number of rotatable bonds is 6. The van der Waals surface area contributed by atoms with Crippen molar-refractivity contribution in [1.82, 2.24) is 4.67 Å². The number of halogens is 2. The van der Waals surface area contributed by atoms with Gasteiger partial charge in [0.2, 0.25) is 0 Å². The number of morpholine rings is 1. The normalized spacial score (nSPS) is 14.4. The quantitative estimate of drug-likeness (QED) is 0.273. The molecule has 1 heterocycles. The molecule has 0 amide bonds. The van der Waals surface area contributed by atoms with Gasteiger partial charge in [0.25, 0.3) is 0 Å². The van der Waals surface area contributed by atoms with Gasteiger partial charge in [0.1, 0.15) is 18.7 Å². The molecule has 3 nitrogen and oxygen atoms in total. The van der Waals surface area contributed by atoms with Crippen LogP contribution in [0.25, 0.3) is 0 Å². The molecule has 178 valence electrons. The van der Waals surface area contributed by atoms with Crippen molar-refractivity contribution in [1.29, 1.82) is 0 Å². The Bertz CT molecular complexity index is 956. The van der Waals surface area contributed by atoms with E-state index in [1.807, 2.05) is 42.7 Å². The van der Waals surface area contributed by atoms with Crippen LogP contribution in [0.15, 0.2) is 84.9 Å². The topological polar surface area (TPSA) is 21.7 Å². The molecular weight excluding hydrogens is 561 g/mol. The monoisotopic (exact) mass is 592 g/mol. The van der Waals surface area contributed by atoms with E-state index in [4.69, 9.17) is 28.9 Å². The summed E-state index contributed by atoms with van der Waals surface area (Å²) in [6.45, 7) is 7.78. The summed E-state index contributed by atoms with van der Waals surface area (Å²) >= 11 is -1.77. The average Bonchev–Trinajstić information content (AvgIpc) is 2.83. The maximum absolute atomic E-state index is 5.82. The molecule has 0 aromatic heterocycles. The van der Waals surface area contributed by atoms with E-state index >= 15 is 0 Å². The van der Waals surface area contributed by atoms with Crippen LogP contribution < -0.4 is 15.3 Å². The number of hydrogen-bond donors (Lipinski definition) is 0. The van der Waals surface area contributed by atoms with E-state index in [9.17, 15) is 0 Å². The Hall–Kier alpha value is -1.12. The van der Waals surface area contributed by atoms with Gasteiger partial charge in [-0.3, -0.25) is 0 Å². The van der Waals surface area contributed by atoms with Crippen LogP contribution in [0, 0.1) is 0 Å². The predicted molar refractivity (Wildman–Crippen MR) is 142 cm³/mol. The first-order valence-electron chi connectivity index (χ1n) is 10.9. The van der Waals surface area contributed by atoms with Gasteiger partial charge in [-0.15, -0.1) is 0 Å². The number of hydrogen-bond acceptors (Lipinski definition) is 3. The minimum absolute atomic E-state index is 0.163. The minimum Gasteiger partial charge on any atom is -0.379 e. The fourth-order valence-corrected chi connectivity index (χ4v) is 8.04. The maximum Gasteiger partial charge on any atom is 0.135 e. The molecule has 33 heavy (non-hydrogen) atoms. The molecule has 3 aromatic rings. The van der Waals surface area contributed by atoms with Crippen LogP contribution in [-0.2, 0) is 18.3 Å². The third-order valence-corrected chi connectivity index (χ3v) is 9.56. The molecule has 0 aliphatic carbocycles. The van der Waals surface area contributed by atoms with Crippen molar-refractivity contribution in [3.05, 3.63) is 90.5 Å². The summed E-state index contributed by atoms with van der Waals surface area (Å²) in [5.41, 5.74) is 0.991. The van der Waals surface area contributed by atoms with Crippen molar-refractivity contribution in [3.8, 4) is 5.75 Å². The zero-order valence-electron chi connectivity index (χ0n) is 18.9. The Kier molecular flexibility index (Phi) is 11.5. The maximum atomic E-state index is 5.82. The zero-order valence-corrected chi connectivity index (χ0v) is 23.2. The van der Waals surface area contributed by atoms with E-state index < -0.39 is 21.6 Å². The second kappa shape index (κ2) is 14.3. The van der Waals surface area contributed by atoms with E-state index in [1.165, 1.54) is 10.6 Å². The fourth-order valence-electron chi connectivity index (χ4n) is 3.52. The standard InChI is InChI=1S/C16H18NOP.C10H12O.2ClH.Ru/c1-3-7-15(8-4-1)19(16-9-5-2-6-10-16)17-11-13-18-14-12-17;1-8(2)11-10-7-5-4-6-9(10)3;;;/h1-10H,11-14H2;3-8H,1-2H3;2*1H;/q;;;;+2/p-1. The van der Waals surface area contributed by atoms with Crippen LogP contribution in [-0.4, -0.2) is 41.7 Å². The van der Waals surface area contributed by atoms with Gasteiger partial charge in [0.15, 0.2) is 0 Å². The molecule has 0 saturated carbocycles. The first-order valence-corrected chi connectivity index (χ1v) is 17.9. The van der Waals surface area contributed by atoms with E-state index in [2.05, 4.69) is 65.3 Å². The van der Waals surface area contributed by atoms with Gasteiger partial charge >= 0.3 is 97.8 Å². The van der Waals surface area contributed by atoms with Crippen molar-refractivity contribution in [2.45, 2.75) is 20.0 Å². The van der Waals surface area contributed by atoms with Gasteiger partial charge in [-0.1, -0.05) is 36.4 Å². The molecule has 0 spiro atoms. The van der Waals surface area contributed by atoms with Gasteiger partial charge in [-0.25, -0.2) is 0 Å².